The van der Waals surface area contributed by atoms with E-state index < -0.39 is 27.2 Å². The Labute approximate surface area is 136 Å². The zero-order chi connectivity index (χ0) is 14.5. The first-order chi connectivity index (χ1) is 8.17. The Morgan fingerprint density at radius 1 is 1.22 bits per heavy atom. The first-order valence-corrected chi connectivity index (χ1v) is 12.1. The highest BCUT2D eigenvalue weighted by molar-refractivity contribution is 8.18. The molecule has 0 bridgehead atoms. The first-order valence-electron chi connectivity index (χ1n) is 3.64. The smallest absolute Gasteiger partial charge is 0.438 e. The van der Waals surface area contributed by atoms with Gasteiger partial charge in [-0.1, -0.05) is 11.2 Å². The molecule has 1 rings (SSSR count). The minimum Gasteiger partial charge on any atom is -0.438 e. The van der Waals surface area contributed by atoms with Crippen LogP contribution in [0.1, 0.15) is 0 Å². The molecule has 0 aromatic heterocycles. The van der Waals surface area contributed by atoms with Gasteiger partial charge in [0.2, 0.25) is 13.5 Å². The quantitative estimate of drug-likeness (QED) is 0.241. The zero-order valence-electron chi connectivity index (χ0n) is 8.68. The predicted octanol–water partition coefficient (Wildman–Crippen LogP) is 6.67. The van der Waals surface area contributed by atoms with Gasteiger partial charge in [0.25, 0.3) is 0 Å². The summed E-state index contributed by atoms with van der Waals surface area (Å²) < 4.78 is 14.1. The number of ether oxygens (including phenoxy) is 2. The van der Waals surface area contributed by atoms with Crippen LogP contribution in [0.2, 0.25) is 0 Å². The molecular formula is C3H6Cl6N3O3P3. The number of nitrogens with zero attached hydrogens (tertiary/aromatic N) is 3. The van der Waals surface area contributed by atoms with Crippen LogP contribution in [-0.4, -0.2) is 28.3 Å². The summed E-state index contributed by atoms with van der Waals surface area (Å²) >= 11 is 34.3. The maximum absolute atomic E-state index is 9.74. The molecule has 0 fully saturated rings. The molecule has 0 N–H and O–H groups in total. The van der Waals surface area contributed by atoms with Gasteiger partial charge in [-0.05, 0) is 57.3 Å². The van der Waals surface area contributed by atoms with Crippen LogP contribution in [0.4, 0.5) is 4.79 Å². The van der Waals surface area contributed by atoms with Crippen molar-refractivity contribution in [2.75, 3.05) is 14.2 Å². The van der Waals surface area contributed by atoms with E-state index in [0.29, 0.717) is 0 Å². The summed E-state index contributed by atoms with van der Waals surface area (Å²) in [6, 6.07) is 0. The lowest BCUT2D eigenvalue weighted by molar-refractivity contribution is 0.0924. The van der Waals surface area contributed by atoms with Crippen molar-refractivity contribution in [2.45, 2.75) is 0 Å². The van der Waals surface area contributed by atoms with Crippen LogP contribution in [0.5, 0.6) is 0 Å². The minimum atomic E-state index is -2.74. The topological polar surface area (TPSA) is 54.4 Å². The Kier molecular flexibility index (Phi) is 10.1. The number of halogens is 6. The molecule has 0 amide bonds. The van der Waals surface area contributed by atoms with Crippen LogP contribution in [-0.2, 0) is 9.47 Å². The number of carbonyl (C=O) groups excluding carboxylic acids is 1. The van der Waals surface area contributed by atoms with E-state index >= 15 is 0 Å². The summed E-state index contributed by atoms with van der Waals surface area (Å²) in [6.45, 7) is 0. The van der Waals surface area contributed by atoms with Gasteiger partial charge in [0.15, 0.2) is 7.58 Å². The van der Waals surface area contributed by atoms with E-state index in [1.807, 2.05) is 0 Å². The Hall–Kier alpha value is 2.02. The van der Waals surface area contributed by atoms with Gasteiger partial charge < -0.3 is 9.47 Å². The average Bonchev–Trinajstić information content (AvgIpc) is 2.33. The van der Waals surface area contributed by atoms with Crippen molar-refractivity contribution in [2.24, 2.45) is 4.52 Å². The largest absolute Gasteiger partial charge is 0.507 e. The van der Waals surface area contributed by atoms with Gasteiger partial charge in [0.05, 0.1) is 14.2 Å². The van der Waals surface area contributed by atoms with E-state index in [1.165, 1.54) is 14.2 Å². The normalized spacial score (nSPS) is 27.6. The van der Waals surface area contributed by atoms with Crippen molar-refractivity contribution in [1.82, 2.24) is 7.92 Å². The molecule has 15 heteroatoms. The monoisotopic (exact) mass is 435 g/mol. The predicted molar refractivity (Wildman–Crippen MR) is 81.4 cm³/mol. The molecule has 0 saturated heterocycles. The minimum absolute atomic E-state index is 0.657. The number of hydrogen-bond acceptors (Lipinski definition) is 6. The van der Waals surface area contributed by atoms with Crippen LogP contribution >= 0.6 is 89.6 Å². The van der Waals surface area contributed by atoms with E-state index in [-0.39, 0.29) is 0 Å². The van der Waals surface area contributed by atoms with Crippen LogP contribution in [0, 0.1) is 0 Å². The third kappa shape index (κ3) is 6.20. The van der Waals surface area contributed by atoms with Gasteiger partial charge in [0.1, 0.15) is 0 Å². The summed E-state index contributed by atoms with van der Waals surface area (Å²) in [4.78, 5) is 9.74. The van der Waals surface area contributed by atoms with Crippen molar-refractivity contribution in [1.29, 1.82) is 0 Å². The van der Waals surface area contributed by atoms with Gasteiger partial charge in [0, 0.05) is 0 Å². The van der Waals surface area contributed by atoms with E-state index in [9.17, 15) is 4.79 Å². The molecule has 0 radical (unpaired) electrons. The third-order valence-electron chi connectivity index (χ3n) is 1.12. The Morgan fingerprint density at radius 2 is 1.67 bits per heavy atom. The molecule has 2 atom stereocenters. The number of carbonyl (C=O) groups is 1. The maximum Gasteiger partial charge on any atom is 0.507 e. The second kappa shape index (κ2) is 9.12. The molecule has 1 heterocycles. The second-order valence-corrected chi connectivity index (χ2v) is 13.8. The molecule has 0 saturated carbocycles. The highest BCUT2D eigenvalue weighted by Crippen LogP contribution is 2.85. The Morgan fingerprint density at radius 3 is 2.00 bits per heavy atom. The molecule has 0 aromatic carbocycles. The summed E-state index contributed by atoms with van der Waals surface area (Å²) in [6.07, 6.45) is -0.657. The van der Waals surface area contributed by atoms with Crippen molar-refractivity contribution >= 4 is 95.7 Å². The molecule has 1 aliphatic rings. The molecule has 0 spiro atoms. The number of rotatable bonds is 0. The molecule has 1 aliphatic heterocycles. The molecule has 2 unspecified atom stereocenters. The van der Waals surface area contributed by atoms with Crippen LogP contribution in [0.15, 0.2) is 4.52 Å². The lowest BCUT2D eigenvalue weighted by Crippen LogP contribution is -2.05. The van der Waals surface area contributed by atoms with Gasteiger partial charge in [-0.2, -0.15) is 0 Å². The summed E-state index contributed by atoms with van der Waals surface area (Å²) in [5.74, 6) is -2.74. The van der Waals surface area contributed by atoms with Crippen molar-refractivity contribution in [3.05, 3.63) is 0 Å². The Bertz CT molecular complexity index is 337. The zero-order valence-corrected chi connectivity index (χ0v) is 15.9. The summed E-state index contributed by atoms with van der Waals surface area (Å²) in [5.41, 5.74) is 0. The van der Waals surface area contributed by atoms with Crippen molar-refractivity contribution < 1.29 is 14.3 Å². The third-order valence-corrected chi connectivity index (χ3v) is 14.9. The van der Waals surface area contributed by atoms with E-state index in [0.717, 1.165) is 7.92 Å². The van der Waals surface area contributed by atoms with Gasteiger partial charge in [-0.25, -0.2) is 9.31 Å². The van der Waals surface area contributed by atoms with E-state index in [1.54, 1.807) is 0 Å². The lowest BCUT2D eigenvalue weighted by atomic mass is 11.3. The molecule has 18 heavy (non-hydrogen) atoms. The van der Waals surface area contributed by atoms with Crippen LogP contribution < -0.4 is 0 Å². The second-order valence-electron chi connectivity index (χ2n) is 2.17. The van der Waals surface area contributed by atoms with E-state index in [2.05, 4.69) is 14.0 Å². The first kappa shape index (κ1) is 20.0. The Balaban J connectivity index is 0.000000411. The molecular weight excluding hydrogens is 432 g/mol. The fourth-order valence-corrected chi connectivity index (χ4v) is 12.4. The fraction of sp³-hybridized carbons (Fsp3) is 0.667. The standard InChI is InChI=1S/C3H6O3.Cl6N3P3/c1-5-3(4)6-2;1-8-10(3)7-12(5,6)9(2)11(8)4/h1-2H3;. The van der Waals surface area contributed by atoms with Gasteiger partial charge in [-0.15, -0.1) is 7.92 Å². The fourth-order valence-electron chi connectivity index (χ4n) is 0.449. The van der Waals surface area contributed by atoms with Crippen molar-refractivity contribution in [3.63, 3.8) is 0 Å². The highest BCUT2D eigenvalue weighted by atomic mass is 35.9. The van der Waals surface area contributed by atoms with E-state index in [4.69, 9.17) is 68.5 Å². The molecule has 108 valence electrons. The molecule has 0 aromatic rings. The lowest BCUT2D eigenvalue weighted by Gasteiger charge is -2.33. The maximum atomic E-state index is 9.74. The van der Waals surface area contributed by atoms with Crippen LogP contribution in [0.25, 0.3) is 0 Å². The summed E-state index contributed by atoms with van der Waals surface area (Å²) in [7, 11) is -0.426. The SMILES string of the molecule is COC(=O)OC.ClN1P(Cl)N=P(Cl)(Cl)N(Cl)P1Cl. The molecule has 6 nitrogen and oxygen atoms in total. The average molecular weight is 438 g/mol. The molecule has 0 aliphatic carbocycles. The highest BCUT2D eigenvalue weighted by Gasteiger charge is 2.41. The van der Waals surface area contributed by atoms with Crippen molar-refractivity contribution in [3.8, 4) is 0 Å². The van der Waals surface area contributed by atoms with Gasteiger partial charge >= 0.3 is 6.16 Å². The summed E-state index contributed by atoms with van der Waals surface area (Å²) in [5, 5.41) is 0. The number of hydrogen-bond donors (Lipinski definition) is 0. The van der Waals surface area contributed by atoms with Gasteiger partial charge in [-0.3, -0.25) is 0 Å². The number of methoxy groups -OCH3 is 2. The van der Waals surface area contributed by atoms with Crippen LogP contribution in [0.3, 0.4) is 0 Å².